The Balaban J connectivity index is 5.41. The lowest BCUT2D eigenvalue weighted by molar-refractivity contribution is -0.161. The molecule has 0 bridgehead atoms. The van der Waals surface area contributed by atoms with E-state index in [4.69, 9.17) is 37.0 Å². The van der Waals surface area contributed by atoms with Crippen LogP contribution in [-0.2, 0) is 65.4 Å². The van der Waals surface area contributed by atoms with E-state index in [9.17, 15) is 43.2 Å². The van der Waals surface area contributed by atoms with Crippen molar-refractivity contribution < 1.29 is 80.2 Å². The van der Waals surface area contributed by atoms with Crippen LogP contribution in [0.3, 0.4) is 0 Å². The largest absolute Gasteiger partial charge is 0.472 e. The van der Waals surface area contributed by atoms with E-state index in [1.165, 1.54) is 77.0 Å². The Bertz CT molecular complexity index is 2460. The zero-order valence-electron chi connectivity index (χ0n) is 63.7. The molecule has 0 aromatic heterocycles. The number of hydrogen-bond donors (Lipinski definition) is 3. The SMILES string of the molecule is CC/C=C\C/C=C\C/C=C\C/C=C\C/C=C\C/C=C\CCC(=O)OCC(COP(=O)(O)OCC(O)COP(=O)(O)OCC(COC(=O)CCCCCC/C=C\C/C=C\C/C=C\C/C=C\CC)OC(=O)CCCCCCC/C=C\CCCCCCCC)OC(=O)CCCCCCCCCCCCC. The molecule has 0 aliphatic rings. The second-order valence-corrected chi connectivity index (χ2v) is 28.8. The molecule has 0 aliphatic carbocycles. The molecule has 584 valence electrons. The molecule has 0 amide bonds. The predicted molar refractivity (Wildman–Crippen MR) is 418 cm³/mol. The van der Waals surface area contributed by atoms with Crippen LogP contribution in [0.15, 0.2) is 134 Å². The predicted octanol–water partition coefficient (Wildman–Crippen LogP) is 22.9. The molecule has 0 fully saturated rings. The molecule has 0 aromatic carbocycles. The van der Waals surface area contributed by atoms with Crippen molar-refractivity contribution >= 4 is 39.5 Å². The highest BCUT2D eigenvalue weighted by atomic mass is 31.2. The topological polar surface area (TPSA) is 237 Å². The first-order valence-electron chi connectivity index (χ1n) is 39.4. The third kappa shape index (κ3) is 73.5. The van der Waals surface area contributed by atoms with Crippen LogP contribution in [-0.4, -0.2) is 96.7 Å². The molecule has 0 rings (SSSR count). The number of phosphoric ester groups is 2. The van der Waals surface area contributed by atoms with E-state index >= 15 is 0 Å². The fourth-order valence-electron chi connectivity index (χ4n) is 10.2. The lowest BCUT2D eigenvalue weighted by atomic mass is 10.1. The number of phosphoric acid groups is 2. The van der Waals surface area contributed by atoms with Crippen LogP contribution in [0.25, 0.3) is 0 Å². The molecule has 0 radical (unpaired) electrons. The zero-order chi connectivity index (χ0) is 74.6. The van der Waals surface area contributed by atoms with Gasteiger partial charge in [-0.05, 0) is 128 Å². The van der Waals surface area contributed by atoms with E-state index in [2.05, 4.69) is 143 Å². The van der Waals surface area contributed by atoms with Gasteiger partial charge in [-0.3, -0.25) is 37.3 Å². The number of aliphatic hydroxyl groups excluding tert-OH is 1. The summed E-state index contributed by atoms with van der Waals surface area (Å²) in [5, 5.41) is 10.6. The van der Waals surface area contributed by atoms with Crippen LogP contribution >= 0.6 is 15.6 Å². The molecule has 0 aromatic rings. The van der Waals surface area contributed by atoms with Gasteiger partial charge in [0.15, 0.2) is 12.2 Å². The summed E-state index contributed by atoms with van der Waals surface area (Å²) < 4.78 is 68.4. The normalized spacial score (nSPS) is 14.6. The monoisotopic (exact) mass is 1470 g/mol. The summed E-state index contributed by atoms with van der Waals surface area (Å²) in [5.74, 6) is -2.30. The fraction of sp³-hybridized carbons (Fsp3) is 0.687. The van der Waals surface area contributed by atoms with Gasteiger partial charge in [-0.2, -0.15) is 0 Å². The Morgan fingerprint density at radius 3 is 0.853 bits per heavy atom. The smallest absolute Gasteiger partial charge is 0.462 e. The van der Waals surface area contributed by atoms with Gasteiger partial charge in [0.1, 0.15) is 19.3 Å². The van der Waals surface area contributed by atoms with E-state index in [1.54, 1.807) is 0 Å². The molecule has 0 aliphatic heterocycles. The first kappa shape index (κ1) is 97.2. The van der Waals surface area contributed by atoms with Gasteiger partial charge in [0.2, 0.25) is 0 Å². The first-order chi connectivity index (χ1) is 49.7. The molecule has 0 spiro atoms. The number of unbranched alkanes of at least 4 members (excludes halogenated alkanes) is 25. The molecule has 0 saturated carbocycles. The Labute approximate surface area is 618 Å². The molecule has 17 nitrogen and oxygen atoms in total. The van der Waals surface area contributed by atoms with Crippen molar-refractivity contribution in [2.75, 3.05) is 39.6 Å². The van der Waals surface area contributed by atoms with Crippen molar-refractivity contribution in [2.45, 2.75) is 329 Å². The maximum absolute atomic E-state index is 13.1. The Morgan fingerprint density at radius 1 is 0.284 bits per heavy atom. The highest BCUT2D eigenvalue weighted by Crippen LogP contribution is 2.45. The first-order valence-corrected chi connectivity index (χ1v) is 42.4. The summed E-state index contributed by atoms with van der Waals surface area (Å²) in [5.41, 5.74) is 0. The number of carbonyl (C=O) groups is 4. The number of aliphatic hydroxyl groups is 1. The lowest BCUT2D eigenvalue weighted by Gasteiger charge is -2.21. The van der Waals surface area contributed by atoms with E-state index in [0.717, 1.165) is 148 Å². The third-order valence-electron chi connectivity index (χ3n) is 16.1. The maximum atomic E-state index is 13.1. The molecular formula is C83H140O17P2. The van der Waals surface area contributed by atoms with Crippen molar-refractivity contribution in [3.05, 3.63) is 134 Å². The van der Waals surface area contributed by atoms with Gasteiger partial charge in [0, 0.05) is 25.7 Å². The summed E-state index contributed by atoms with van der Waals surface area (Å²) in [6, 6.07) is 0. The van der Waals surface area contributed by atoms with E-state index in [0.29, 0.717) is 32.1 Å². The van der Waals surface area contributed by atoms with E-state index in [1.807, 2.05) is 18.2 Å². The molecule has 0 saturated heterocycles. The van der Waals surface area contributed by atoms with Crippen LogP contribution in [0, 0.1) is 0 Å². The van der Waals surface area contributed by atoms with Gasteiger partial charge in [-0.25, -0.2) is 9.13 Å². The van der Waals surface area contributed by atoms with Gasteiger partial charge in [-0.1, -0.05) is 290 Å². The van der Waals surface area contributed by atoms with Gasteiger partial charge < -0.3 is 33.8 Å². The standard InChI is InChI=1S/C83H140O17P2/c1-5-9-13-17-21-25-29-32-35-37-38-40-43-45-49-52-56-60-64-68-80(85)93-73-78(99-82(87)69-65-61-57-53-47-28-24-20-16-12-8-4)75-97-101(89,90)95-71-77(84)72-96-102(91,92)98-76-79(100-83(88)70-66-62-58-54-50-46-41-34-31-27-23-19-15-11-7-3)74-94-81(86)67-63-59-55-51-48-44-42-39-36-33-30-26-22-18-14-10-6-2/h9-10,13-14,21-22,25-26,32-36,38,40-42,44-45,49,56,60,77-79,84H,5-8,11-12,15-20,23-24,27-31,37,39,43,46-48,50-55,57-59,61-76H2,1-4H3,(H,89,90)(H,91,92)/b13-9-,14-10-,25-21-,26-22-,35-32-,36-33-,40-38-,41-34-,44-42-,49-45-,60-56-. The van der Waals surface area contributed by atoms with Crippen LogP contribution < -0.4 is 0 Å². The Morgan fingerprint density at radius 2 is 0.529 bits per heavy atom. The average Bonchev–Trinajstić information content (AvgIpc) is 0.926. The minimum Gasteiger partial charge on any atom is -0.462 e. The molecule has 0 heterocycles. The number of esters is 4. The van der Waals surface area contributed by atoms with E-state index < -0.39 is 97.5 Å². The lowest BCUT2D eigenvalue weighted by Crippen LogP contribution is -2.30. The minimum absolute atomic E-state index is 0.0349. The minimum atomic E-state index is -4.99. The second-order valence-electron chi connectivity index (χ2n) is 25.9. The number of rotatable bonds is 73. The molecule has 102 heavy (non-hydrogen) atoms. The van der Waals surface area contributed by atoms with Crippen molar-refractivity contribution in [1.82, 2.24) is 0 Å². The van der Waals surface area contributed by atoms with Crippen LogP contribution in [0.4, 0.5) is 0 Å². The molecule has 3 N–H and O–H groups in total. The highest BCUT2D eigenvalue weighted by molar-refractivity contribution is 7.47. The average molecular weight is 1470 g/mol. The van der Waals surface area contributed by atoms with Crippen LogP contribution in [0.5, 0.6) is 0 Å². The number of hydrogen-bond acceptors (Lipinski definition) is 15. The number of allylic oxidation sites excluding steroid dienone is 22. The van der Waals surface area contributed by atoms with Crippen molar-refractivity contribution in [3.8, 4) is 0 Å². The quantitative estimate of drug-likeness (QED) is 0.0169. The van der Waals surface area contributed by atoms with Crippen molar-refractivity contribution in [3.63, 3.8) is 0 Å². The molecule has 19 heteroatoms. The van der Waals surface area contributed by atoms with Gasteiger partial charge in [0.25, 0.3) is 0 Å². The summed E-state index contributed by atoms with van der Waals surface area (Å²) in [7, 11) is -9.98. The number of carbonyl (C=O) groups excluding carboxylic acids is 4. The van der Waals surface area contributed by atoms with Crippen LogP contribution in [0.2, 0.25) is 0 Å². The summed E-state index contributed by atoms with van der Waals surface area (Å²) in [6.45, 7) is 4.52. The van der Waals surface area contributed by atoms with Crippen molar-refractivity contribution in [2.24, 2.45) is 0 Å². The van der Waals surface area contributed by atoms with Gasteiger partial charge in [-0.15, -0.1) is 0 Å². The highest BCUT2D eigenvalue weighted by Gasteiger charge is 2.30. The van der Waals surface area contributed by atoms with Gasteiger partial charge in [0.05, 0.1) is 26.4 Å². The zero-order valence-corrected chi connectivity index (χ0v) is 65.5. The van der Waals surface area contributed by atoms with Crippen LogP contribution in [0.1, 0.15) is 310 Å². The fourth-order valence-corrected chi connectivity index (χ4v) is 11.8. The number of ether oxygens (including phenoxy) is 4. The second kappa shape index (κ2) is 74.5. The summed E-state index contributed by atoms with van der Waals surface area (Å²) in [4.78, 5) is 72.9. The molecule has 5 unspecified atom stereocenters. The molecule has 5 atom stereocenters. The maximum Gasteiger partial charge on any atom is 0.472 e. The Kier molecular flexibility index (Phi) is 71.0. The third-order valence-corrected chi connectivity index (χ3v) is 18.0. The Hall–Kier alpha value is -4.80. The molecular weight excluding hydrogens is 1330 g/mol. The van der Waals surface area contributed by atoms with Crippen molar-refractivity contribution in [1.29, 1.82) is 0 Å². The summed E-state index contributed by atoms with van der Waals surface area (Å²) >= 11 is 0. The van der Waals surface area contributed by atoms with Gasteiger partial charge >= 0.3 is 39.5 Å². The summed E-state index contributed by atoms with van der Waals surface area (Å²) in [6.07, 6.45) is 83.1. The van der Waals surface area contributed by atoms with E-state index in [-0.39, 0.29) is 25.7 Å².